The number of esters is 1. The Kier molecular flexibility index (Phi) is 21.7. The van der Waals surface area contributed by atoms with Crippen LogP contribution in [0.3, 0.4) is 0 Å². The van der Waals surface area contributed by atoms with Crippen LogP contribution in [0.25, 0.3) is 0 Å². The minimum Gasteiger partial charge on any atom is -0.436 e. The molecule has 2 unspecified atom stereocenters. The van der Waals surface area contributed by atoms with Crippen LogP contribution in [-0.2, 0) is 14.3 Å². The molecule has 2 atom stereocenters. The fraction of sp³-hybridized carbons (Fsp3) is 0.962. The lowest BCUT2D eigenvalue weighted by Crippen LogP contribution is -2.20. The van der Waals surface area contributed by atoms with Gasteiger partial charge in [0.1, 0.15) is 0 Å². The van der Waals surface area contributed by atoms with Crippen molar-refractivity contribution in [3.63, 3.8) is 0 Å². The summed E-state index contributed by atoms with van der Waals surface area (Å²) in [4.78, 5) is 12.3. The maximum Gasteiger partial charge on any atom is 0.308 e. The normalized spacial score (nSPS) is 13.4. The lowest BCUT2D eigenvalue weighted by Gasteiger charge is -2.19. The first kappa shape index (κ1) is 28.4. The Hall–Kier alpha value is -0.570. The van der Waals surface area contributed by atoms with Gasteiger partial charge in [-0.15, -0.1) is 0 Å². The summed E-state index contributed by atoms with van der Waals surface area (Å²) >= 11 is 0. The highest BCUT2D eigenvalue weighted by molar-refractivity contribution is 5.69. The van der Waals surface area contributed by atoms with Gasteiger partial charge in [0.15, 0.2) is 6.29 Å². The summed E-state index contributed by atoms with van der Waals surface area (Å²) in [5.41, 5.74) is 0. The van der Waals surface area contributed by atoms with Crippen molar-refractivity contribution in [3.8, 4) is 0 Å². The van der Waals surface area contributed by atoms with Gasteiger partial charge < -0.3 is 9.47 Å². The zero-order valence-corrected chi connectivity index (χ0v) is 20.3. The van der Waals surface area contributed by atoms with Crippen LogP contribution in [0.1, 0.15) is 143 Å². The van der Waals surface area contributed by atoms with Gasteiger partial charge in [-0.05, 0) is 32.1 Å². The van der Waals surface area contributed by atoms with Crippen molar-refractivity contribution >= 4 is 5.97 Å². The zero-order valence-electron chi connectivity index (χ0n) is 20.3. The van der Waals surface area contributed by atoms with Crippen molar-refractivity contribution in [3.05, 3.63) is 0 Å². The molecule has 174 valence electrons. The van der Waals surface area contributed by atoms with Gasteiger partial charge in [-0.25, -0.2) is 0 Å². The third-order valence-corrected chi connectivity index (χ3v) is 5.74. The fourth-order valence-corrected chi connectivity index (χ4v) is 3.92. The number of carbonyl (C=O) groups excluding carboxylic acids is 1. The first-order chi connectivity index (χ1) is 14.1. The SMILES string of the molecule is CCCCCCCCCCC(CCCCCCCC)CC(=O)OC(C)OCCC. The summed E-state index contributed by atoms with van der Waals surface area (Å²) in [5, 5.41) is 0. The van der Waals surface area contributed by atoms with Crippen molar-refractivity contribution in [2.24, 2.45) is 5.92 Å². The summed E-state index contributed by atoms with van der Waals surface area (Å²) in [5.74, 6) is 0.399. The summed E-state index contributed by atoms with van der Waals surface area (Å²) in [6.07, 6.45) is 22.1. The summed E-state index contributed by atoms with van der Waals surface area (Å²) in [6, 6.07) is 0. The Bertz CT molecular complexity index is 343. The van der Waals surface area contributed by atoms with Gasteiger partial charge in [-0.2, -0.15) is 0 Å². The molecule has 0 saturated heterocycles. The van der Waals surface area contributed by atoms with Gasteiger partial charge in [0.25, 0.3) is 0 Å². The van der Waals surface area contributed by atoms with E-state index in [2.05, 4.69) is 20.8 Å². The van der Waals surface area contributed by atoms with E-state index >= 15 is 0 Å². The third kappa shape index (κ3) is 20.5. The maximum absolute atomic E-state index is 12.3. The van der Waals surface area contributed by atoms with Crippen LogP contribution in [0.4, 0.5) is 0 Å². The molecule has 0 aromatic rings. The predicted octanol–water partition coefficient (Wildman–Crippen LogP) is 8.59. The van der Waals surface area contributed by atoms with E-state index in [1.807, 2.05) is 6.92 Å². The largest absolute Gasteiger partial charge is 0.436 e. The van der Waals surface area contributed by atoms with Crippen LogP contribution >= 0.6 is 0 Å². The quantitative estimate of drug-likeness (QED) is 0.101. The van der Waals surface area contributed by atoms with E-state index in [0.717, 1.165) is 6.42 Å². The van der Waals surface area contributed by atoms with E-state index in [-0.39, 0.29) is 5.97 Å². The lowest BCUT2D eigenvalue weighted by molar-refractivity contribution is -0.175. The van der Waals surface area contributed by atoms with Gasteiger partial charge in [0.05, 0.1) is 6.61 Å². The number of ether oxygens (including phenoxy) is 2. The Labute approximate surface area is 182 Å². The number of unbranched alkanes of at least 4 members (excludes halogenated alkanes) is 12. The molecule has 0 bridgehead atoms. The Morgan fingerprint density at radius 2 is 1.10 bits per heavy atom. The molecular formula is C26H52O3. The second-order valence-electron chi connectivity index (χ2n) is 8.82. The molecule has 0 heterocycles. The molecule has 0 spiro atoms. The van der Waals surface area contributed by atoms with Crippen molar-refractivity contribution < 1.29 is 14.3 Å². The first-order valence-corrected chi connectivity index (χ1v) is 12.9. The molecular weight excluding hydrogens is 360 g/mol. The topological polar surface area (TPSA) is 35.5 Å². The minimum absolute atomic E-state index is 0.0795. The summed E-state index contributed by atoms with van der Waals surface area (Å²) in [7, 11) is 0. The second kappa shape index (κ2) is 22.1. The third-order valence-electron chi connectivity index (χ3n) is 5.74. The van der Waals surface area contributed by atoms with E-state index in [1.165, 1.54) is 103 Å². The van der Waals surface area contributed by atoms with Crippen LogP contribution < -0.4 is 0 Å². The molecule has 0 aromatic carbocycles. The van der Waals surface area contributed by atoms with Gasteiger partial charge >= 0.3 is 5.97 Å². The average Bonchev–Trinajstić information content (AvgIpc) is 2.70. The molecule has 0 rings (SSSR count). The minimum atomic E-state index is -0.416. The van der Waals surface area contributed by atoms with E-state index in [9.17, 15) is 4.79 Å². The van der Waals surface area contributed by atoms with Crippen LogP contribution in [0.15, 0.2) is 0 Å². The van der Waals surface area contributed by atoms with Crippen LogP contribution in [0, 0.1) is 5.92 Å². The predicted molar refractivity (Wildman–Crippen MR) is 125 cm³/mol. The van der Waals surface area contributed by atoms with Crippen LogP contribution in [0.2, 0.25) is 0 Å². The van der Waals surface area contributed by atoms with Crippen molar-refractivity contribution in [1.82, 2.24) is 0 Å². The van der Waals surface area contributed by atoms with Crippen molar-refractivity contribution in [2.75, 3.05) is 6.61 Å². The second-order valence-corrected chi connectivity index (χ2v) is 8.82. The van der Waals surface area contributed by atoms with Crippen molar-refractivity contribution in [2.45, 2.75) is 150 Å². The molecule has 0 fully saturated rings. The van der Waals surface area contributed by atoms with Gasteiger partial charge in [0, 0.05) is 6.42 Å². The average molecular weight is 413 g/mol. The monoisotopic (exact) mass is 412 g/mol. The van der Waals surface area contributed by atoms with E-state index in [0.29, 0.717) is 18.9 Å². The molecule has 0 aromatic heterocycles. The smallest absolute Gasteiger partial charge is 0.308 e. The maximum atomic E-state index is 12.3. The molecule has 0 amide bonds. The molecule has 0 aliphatic rings. The molecule has 0 radical (unpaired) electrons. The number of rotatable bonds is 22. The Morgan fingerprint density at radius 1 is 0.655 bits per heavy atom. The number of carbonyl (C=O) groups is 1. The summed E-state index contributed by atoms with van der Waals surface area (Å²) < 4.78 is 11.0. The standard InChI is InChI=1S/C26H52O3/c1-5-8-10-12-14-15-17-19-21-25(20-18-16-13-11-9-6-2)23-26(27)29-24(4)28-22-7-3/h24-25H,5-23H2,1-4H3. The first-order valence-electron chi connectivity index (χ1n) is 12.9. The van der Waals surface area contributed by atoms with E-state index < -0.39 is 6.29 Å². The molecule has 0 saturated carbocycles. The highest BCUT2D eigenvalue weighted by Gasteiger charge is 2.17. The van der Waals surface area contributed by atoms with Gasteiger partial charge in [-0.3, -0.25) is 4.79 Å². The number of hydrogen-bond donors (Lipinski definition) is 0. The van der Waals surface area contributed by atoms with Gasteiger partial charge in [0.2, 0.25) is 0 Å². The highest BCUT2D eigenvalue weighted by atomic mass is 16.7. The highest BCUT2D eigenvalue weighted by Crippen LogP contribution is 2.23. The molecule has 0 N–H and O–H groups in total. The van der Waals surface area contributed by atoms with E-state index in [4.69, 9.17) is 9.47 Å². The van der Waals surface area contributed by atoms with Crippen molar-refractivity contribution in [1.29, 1.82) is 0 Å². The molecule has 29 heavy (non-hydrogen) atoms. The van der Waals surface area contributed by atoms with Gasteiger partial charge in [-0.1, -0.05) is 111 Å². The molecule has 0 aliphatic heterocycles. The van der Waals surface area contributed by atoms with E-state index in [1.54, 1.807) is 0 Å². The Balaban J connectivity index is 4.12. The lowest BCUT2D eigenvalue weighted by atomic mass is 9.91. The van der Waals surface area contributed by atoms with Crippen LogP contribution in [-0.4, -0.2) is 18.9 Å². The molecule has 0 aliphatic carbocycles. The summed E-state index contributed by atoms with van der Waals surface area (Å²) in [6.45, 7) is 9.07. The Morgan fingerprint density at radius 3 is 1.55 bits per heavy atom. The molecule has 3 nitrogen and oxygen atoms in total. The zero-order chi connectivity index (χ0) is 21.6. The van der Waals surface area contributed by atoms with Crippen LogP contribution in [0.5, 0.6) is 0 Å². The number of hydrogen-bond acceptors (Lipinski definition) is 3. The molecule has 3 heteroatoms. The fourth-order valence-electron chi connectivity index (χ4n) is 3.92.